The van der Waals surface area contributed by atoms with E-state index in [1.165, 1.54) is 18.6 Å². The van der Waals surface area contributed by atoms with Crippen LogP contribution in [0.2, 0.25) is 0 Å². The molecular weight excluding hydrogens is 388 g/mol. The zero-order valence-electron chi connectivity index (χ0n) is 17.2. The van der Waals surface area contributed by atoms with E-state index in [-0.39, 0.29) is 11.8 Å². The van der Waals surface area contributed by atoms with Crippen LogP contribution in [0.5, 0.6) is 0 Å². The summed E-state index contributed by atoms with van der Waals surface area (Å²) in [5.74, 6) is 1.04. The summed E-state index contributed by atoms with van der Waals surface area (Å²) in [6.45, 7) is 3.31. The highest BCUT2D eigenvalue weighted by atomic mass is 19.1. The largest absolute Gasteiger partial charge is 0.355 e. The van der Waals surface area contributed by atoms with Gasteiger partial charge in [-0.3, -0.25) is 9.69 Å². The van der Waals surface area contributed by atoms with Crippen LogP contribution >= 0.6 is 0 Å². The third-order valence-electron chi connectivity index (χ3n) is 6.15. The number of rotatable bonds is 6. The predicted molar refractivity (Wildman–Crippen MR) is 109 cm³/mol. The Bertz CT molecular complexity index is 858. The summed E-state index contributed by atoms with van der Waals surface area (Å²) >= 11 is 0. The van der Waals surface area contributed by atoms with Gasteiger partial charge in [-0.1, -0.05) is 19.3 Å². The fourth-order valence-corrected chi connectivity index (χ4v) is 4.54. The van der Waals surface area contributed by atoms with E-state index in [1.807, 2.05) is 0 Å². The van der Waals surface area contributed by atoms with Crippen LogP contribution in [-0.2, 0) is 30.7 Å². The topological polar surface area (TPSA) is 63.1 Å². The molecule has 1 amide bonds. The molecule has 1 aliphatic carbocycles. The van der Waals surface area contributed by atoms with E-state index < -0.39 is 11.6 Å². The van der Waals surface area contributed by atoms with Crippen LogP contribution in [0.4, 0.5) is 8.78 Å². The lowest BCUT2D eigenvalue weighted by Gasteiger charge is -2.21. The number of carbonyl (C=O) groups excluding carboxylic acids is 1. The Morgan fingerprint density at radius 2 is 1.80 bits per heavy atom. The van der Waals surface area contributed by atoms with Gasteiger partial charge in [-0.2, -0.15) is 0 Å². The number of hydrogen-bond donors (Lipinski definition) is 1. The molecule has 1 aromatic heterocycles. The molecular formula is C22H29F2N5O. The van der Waals surface area contributed by atoms with Gasteiger partial charge in [0.15, 0.2) is 0 Å². The molecule has 2 aromatic rings. The molecule has 2 heterocycles. The summed E-state index contributed by atoms with van der Waals surface area (Å²) in [5.41, 5.74) is 0.635. The molecule has 162 valence electrons. The maximum absolute atomic E-state index is 13.5. The number of aromatic nitrogens is 3. The standard InChI is InChI=1S/C22H29F2N5O/c23-18-12-16(13-19(24)14-18)15-28-9-7-21-27-26-20(29(21)11-10-28)6-8-25-22(30)17-4-2-1-3-5-17/h12-14,17H,1-11,15H2,(H,25,30). The Labute approximate surface area is 175 Å². The van der Waals surface area contributed by atoms with Crippen molar-refractivity contribution >= 4 is 5.91 Å². The molecule has 2 aliphatic rings. The molecule has 0 radical (unpaired) electrons. The van der Waals surface area contributed by atoms with Crippen molar-refractivity contribution in [3.63, 3.8) is 0 Å². The van der Waals surface area contributed by atoms with Crippen molar-refractivity contribution in [2.75, 3.05) is 19.6 Å². The average molecular weight is 418 g/mol. The summed E-state index contributed by atoms with van der Waals surface area (Å²) in [7, 11) is 0. The average Bonchev–Trinajstić information content (AvgIpc) is 3.00. The highest BCUT2D eigenvalue weighted by Gasteiger charge is 2.22. The predicted octanol–water partition coefficient (Wildman–Crippen LogP) is 2.85. The molecule has 0 bridgehead atoms. The molecule has 1 N–H and O–H groups in total. The maximum Gasteiger partial charge on any atom is 0.223 e. The minimum Gasteiger partial charge on any atom is -0.355 e. The summed E-state index contributed by atoms with van der Waals surface area (Å²) < 4.78 is 29.1. The summed E-state index contributed by atoms with van der Waals surface area (Å²) in [6, 6.07) is 3.66. The molecule has 6 nitrogen and oxygen atoms in total. The van der Waals surface area contributed by atoms with Crippen molar-refractivity contribution in [2.45, 2.75) is 58.0 Å². The van der Waals surface area contributed by atoms with Crippen molar-refractivity contribution in [1.82, 2.24) is 25.0 Å². The Kier molecular flexibility index (Phi) is 6.72. The van der Waals surface area contributed by atoms with E-state index in [4.69, 9.17) is 0 Å². The van der Waals surface area contributed by atoms with Crippen molar-refractivity contribution in [3.05, 3.63) is 47.0 Å². The van der Waals surface area contributed by atoms with Crippen LogP contribution in [-0.4, -0.2) is 45.2 Å². The van der Waals surface area contributed by atoms with E-state index in [1.54, 1.807) is 0 Å². The van der Waals surface area contributed by atoms with Gasteiger partial charge >= 0.3 is 0 Å². The number of benzene rings is 1. The summed E-state index contributed by atoms with van der Waals surface area (Å²) in [6.07, 6.45) is 6.91. The molecule has 1 saturated carbocycles. The zero-order chi connectivity index (χ0) is 20.9. The fraction of sp³-hybridized carbons (Fsp3) is 0.591. The van der Waals surface area contributed by atoms with E-state index in [0.29, 0.717) is 25.1 Å². The van der Waals surface area contributed by atoms with Crippen LogP contribution < -0.4 is 5.32 Å². The first-order valence-electron chi connectivity index (χ1n) is 10.9. The number of nitrogens with one attached hydrogen (secondary N) is 1. The molecule has 30 heavy (non-hydrogen) atoms. The van der Waals surface area contributed by atoms with E-state index in [2.05, 4.69) is 25.0 Å². The maximum atomic E-state index is 13.5. The Morgan fingerprint density at radius 3 is 2.57 bits per heavy atom. The van der Waals surface area contributed by atoms with Gasteiger partial charge in [0.25, 0.3) is 0 Å². The van der Waals surface area contributed by atoms with Crippen LogP contribution in [0.25, 0.3) is 0 Å². The monoisotopic (exact) mass is 417 g/mol. The van der Waals surface area contributed by atoms with Gasteiger partial charge in [0, 0.05) is 57.5 Å². The first kappa shape index (κ1) is 20.9. The van der Waals surface area contributed by atoms with Crippen molar-refractivity contribution in [2.24, 2.45) is 5.92 Å². The first-order valence-corrected chi connectivity index (χ1v) is 10.9. The van der Waals surface area contributed by atoms with Crippen molar-refractivity contribution in [3.8, 4) is 0 Å². The van der Waals surface area contributed by atoms with E-state index >= 15 is 0 Å². The summed E-state index contributed by atoms with van der Waals surface area (Å²) in [5, 5.41) is 11.7. The second-order valence-electron chi connectivity index (χ2n) is 8.36. The lowest BCUT2D eigenvalue weighted by atomic mass is 9.89. The number of amides is 1. The Hall–Kier alpha value is -2.35. The normalized spacial score (nSPS) is 18.1. The molecule has 1 aliphatic heterocycles. The first-order chi connectivity index (χ1) is 14.6. The SMILES string of the molecule is O=C(NCCc1nnc2n1CCN(Cc1cc(F)cc(F)c1)CC2)C1CCCCC1. The number of carbonyl (C=O) groups is 1. The fourth-order valence-electron chi connectivity index (χ4n) is 4.54. The van der Waals surface area contributed by atoms with Crippen LogP contribution in [0.15, 0.2) is 18.2 Å². The smallest absolute Gasteiger partial charge is 0.223 e. The van der Waals surface area contributed by atoms with Crippen molar-refractivity contribution in [1.29, 1.82) is 0 Å². The minimum atomic E-state index is -0.547. The summed E-state index contributed by atoms with van der Waals surface area (Å²) in [4.78, 5) is 14.5. The van der Waals surface area contributed by atoms with Crippen LogP contribution in [0.3, 0.4) is 0 Å². The number of nitrogens with zero attached hydrogens (tertiary/aromatic N) is 4. The number of fused-ring (bicyclic) bond motifs is 1. The lowest BCUT2D eigenvalue weighted by molar-refractivity contribution is -0.125. The molecule has 1 fully saturated rings. The van der Waals surface area contributed by atoms with Crippen LogP contribution in [0, 0.1) is 17.6 Å². The Balaban J connectivity index is 1.29. The van der Waals surface area contributed by atoms with Gasteiger partial charge < -0.3 is 9.88 Å². The van der Waals surface area contributed by atoms with Crippen LogP contribution in [0.1, 0.15) is 49.3 Å². The number of hydrogen-bond acceptors (Lipinski definition) is 4. The van der Waals surface area contributed by atoms with Gasteiger partial charge in [-0.15, -0.1) is 10.2 Å². The highest BCUT2D eigenvalue weighted by molar-refractivity contribution is 5.78. The van der Waals surface area contributed by atoms with E-state index in [9.17, 15) is 13.6 Å². The molecule has 4 rings (SSSR count). The molecule has 0 atom stereocenters. The van der Waals surface area contributed by atoms with Gasteiger partial charge in [0.1, 0.15) is 23.3 Å². The molecule has 0 unspecified atom stereocenters. The van der Waals surface area contributed by atoms with Crippen molar-refractivity contribution < 1.29 is 13.6 Å². The molecule has 0 spiro atoms. The van der Waals surface area contributed by atoms with Gasteiger partial charge in [0.2, 0.25) is 5.91 Å². The van der Waals surface area contributed by atoms with Gasteiger partial charge in [0.05, 0.1) is 0 Å². The second kappa shape index (κ2) is 9.64. The number of halogens is 2. The Morgan fingerprint density at radius 1 is 1.03 bits per heavy atom. The highest BCUT2D eigenvalue weighted by Crippen LogP contribution is 2.23. The van der Waals surface area contributed by atoms with Gasteiger partial charge in [-0.25, -0.2) is 8.78 Å². The third-order valence-corrected chi connectivity index (χ3v) is 6.15. The van der Waals surface area contributed by atoms with E-state index in [0.717, 1.165) is 69.5 Å². The minimum absolute atomic E-state index is 0.162. The zero-order valence-corrected chi connectivity index (χ0v) is 17.2. The molecule has 1 aromatic carbocycles. The molecule has 8 heteroatoms. The second-order valence-corrected chi connectivity index (χ2v) is 8.36. The third kappa shape index (κ3) is 5.22. The molecule has 0 saturated heterocycles. The van der Waals surface area contributed by atoms with Gasteiger partial charge in [-0.05, 0) is 30.5 Å². The lowest BCUT2D eigenvalue weighted by Crippen LogP contribution is -2.33. The quantitative estimate of drug-likeness (QED) is 0.785.